The van der Waals surface area contributed by atoms with Crippen molar-refractivity contribution in [1.82, 2.24) is 9.78 Å². The average Bonchev–Trinajstić information content (AvgIpc) is 3.29. The second-order valence-electron chi connectivity index (χ2n) is 7.70. The maximum atomic E-state index is 16.0. The number of rotatable bonds is 8. The zero-order chi connectivity index (χ0) is 26.0. The second kappa shape index (κ2) is 9.99. The lowest BCUT2D eigenvalue weighted by molar-refractivity contribution is -0.904. The minimum atomic E-state index is -4.76. The number of nitrogens with zero attached hydrogens (tertiary/aromatic N) is 4. The zero-order valence-electron chi connectivity index (χ0n) is 19.3. The molecule has 12 heteroatoms. The highest BCUT2D eigenvalue weighted by Crippen LogP contribution is 2.37. The van der Waals surface area contributed by atoms with Gasteiger partial charge in [0.05, 0.1) is 5.69 Å². The largest absolute Gasteiger partial charge is 0.363 e. The zero-order valence-corrected chi connectivity index (χ0v) is 20.1. The first kappa shape index (κ1) is 25.2. The molecule has 0 atom stereocenters. The third-order valence-electron chi connectivity index (χ3n) is 5.42. The van der Waals surface area contributed by atoms with E-state index in [9.17, 15) is 22.4 Å². The maximum Gasteiger partial charge on any atom is 0.269 e. The molecule has 1 N–H and O–H groups in total. The number of pyridine rings is 1. The Morgan fingerprint density at radius 1 is 1.08 bits per heavy atom. The van der Waals surface area contributed by atoms with E-state index in [-0.39, 0.29) is 11.3 Å². The summed E-state index contributed by atoms with van der Waals surface area (Å²) in [5.41, 5.74) is 0.926. The van der Waals surface area contributed by atoms with Gasteiger partial charge in [0.2, 0.25) is 12.4 Å². The van der Waals surface area contributed by atoms with E-state index in [1.165, 1.54) is 37.7 Å². The van der Waals surface area contributed by atoms with Gasteiger partial charge in [-0.15, -0.1) is 0 Å². The van der Waals surface area contributed by atoms with Crippen molar-refractivity contribution >= 4 is 15.7 Å². The molecule has 0 amide bonds. The van der Waals surface area contributed by atoms with E-state index >= 15 is 4.39 Å². The number of benzene rings is 2. The van der Waals surface area contributed by atoms with Crippen LogP contribution >= 0.6 is 0 Å². The highest BCUT2D eigenvalue weighted by molar-refractivity contribution is 7.92. The number of halogens is 3. The van der Waals surface area contributed by atoms with Crippen molar-refractivity contribution in [1.29, 1.82) is 0 Å². The number of aromatic nitrogens is 3. The molecule has 0 aliphatic rings. The molecular weight excluding hydrogens is 497 g/mol. The lowest BCUT2D eigenvalue weighted by Gasteiger charge is -2.25. The molecule has 2 aromatic heterocycles. The third kappa shape index (κ3) is 4.64. The average molecular weight is 520 g/mol. The fraction of sp³-hybridized carbons (Fsp3) is 0.167. The van der Waals surface area contributed by atoms with Crippen LogP contribution in [0.15, 0.2) is 72.0 Å². The molecule has 2 heterocycles. The Bertz CT molecular complexity index is 1510. The topological polar surface area (TPSA) is 88.5 Å². The first-order valence-electron chi connectivity index (χ1n) is 10.7. The molecule has 0 radical (unpaired) electrons. The number of anilines is 1. The summed E-state index contributed by atoms with van der Waals surface area (Å²) >= 11 is 0. The molecule has 0 unspecified atom stereocenters. The lowest BCUT2D eigenvalue weighted by Crippen LogP contribution is -2.34. The summed E-state index contributed by atoms with van der Waals surface area (Å²) in [5.74, 6) is -3.11. The van der Waals surface area contributed by atoms with E-state index in [1.807, 2.05) is 6.92 Å². The van der Waals surface area contributed by atoms with Crippen LogP contribution in [-0.2, 0) is 21.3 Å². The summed E-state index contributed by atoms with van der Waals surface area (Å²) in [6.07, 6.45) is 4.50. The number of ether oxygens (including phenoxy) is 1. The van der Waals surface area contributed by atoms with Gasteiger partial charge in [-0.2, -0.15) is 5.10 Å². The highest BCUT2D eigenvalue weighted by atomic mass is 32.2. The van der Waals surface area contributed by atoms with Gasteiger partial charge in [0.1, 0.15) is 29.0 Å². The van der Waals surface area contributed by atoms with Gasteiger partial charge >= 0.3 is 0 Å². The van der Waals surface area contributed by atoms with Crippen LogP contribution in [0.1, 0.15) is 6.92 Å². The molecular formula is C24H22F3N4O4S+. The molecule has 0 spiro atoms. The van der Waals surface area contributed by atoms with Crippen molar-refractivity contribution in [2.24, 2.45) is 0 Å². The van der Waals surface area contributed by atoms with E-state index in [0.717, 1.165) is 10.8 Å². The Morgan fingerprint density at radius 2 is 1.81 bits per heavy atom. The van der Waals surface area contributed by atoms with Crippen molar-refractivity contribution in [3.8, 4) is 22.4 Å². The molecule has 0 aliphatic heterocycles. The van der Waals surface area contributed by atoms with E-state index in [0.29, 0.717) is 34.1 Å². The Hall–Kier alpha value is -3.90. The van der Waals surface area contributed by atoms with Crippen LogP contribution in [0.4, 0.5) is 18.9 Å². The molecule has 4 rings (SSSR count). The van der Waals surface area contributed by atoms with Crippen molar-refractivity contribution in [2.45, 2.75) is 18.4 Å². The predicted octanol–water partition coefficient (Wildman–Crippen LogP) is 3.98. The molecule has 0 fully saturated rings. The Labute approximate surface area is 205 Å². The summed E-state index contributed by atoms with van der Waals surface area (Å²) in [5, 5.41) is 14.0. The Balaban J connectivity index is 1.89. The van der Waals surface area contributed by atoms with Gasteiger partial charge in [-0.05, 0) is 42.8 Å². The summed E-state index contributed by atoms with van der Waals surface area (Å²) in [4.78, 5) is -0.957. The molecule has 0 aliphatic carbocycles. The van der Waals surface area contributed by atoms with Crippen LogP contribution in [0.25, 0.3) is 22.4 Å². The quantitative estimate of drug-likeness (QED) is 0.216. The fourth-order valence-corrected chi connectivity index (χ4v) is 5.12. The summed E-state index contributed by atoms with van der Waals surface area (Å²) in [6, 6.07) is 9.26. The number of aryl methyl sites for hydroxylation is 1. The van der Waals surface area contributed by atoms with Gasteiger partial charge in [-0.1, -0.05) is 6.07 Å². The number of hydrogen-bond donors (Lipinski definition) is 1. The van der Waals surface area contributed by atoms with E-state index in [2.05, 4.69) is 5.10 Å². The minimum Gasteiger partial charge on any atom is -0.363 e. The molecule has 2 aromatic carbocycles. The number of sulfonamides is 1. The SMILES string of the molecule is CCn1cc(-c2cc[n+](O)cc2)c(-c2cccc(N(COC)S(=O)(=O)c3cc(F)ccc3F)c2F)n1. The van der Waals surface area contributed by atoms with E-state index < -0.39 is 44.8 Å². The van der Waals surface area contributed by atoms with Crippen LogP contribution in [0.5, 0.6) is 0 Å². The lowest BCUT2D eigenvalue weighted by atomic mass is 10.0. The van der Waals surface area contributed by atoms with Crippen LogP contribution in [0.2, 0.25) is 0 Å². The Morgan fingerprint density at radius 3 is 2.47 bits per heavy atom. The van der Waals surface area contributed by atoms with Crippen LogP contribution in [0.3, 0.4) is 0 Å². The standard InChI is InChI=1S/C24H22F3N4O4S/c1-3-29-14-19(16-9-11-30(32)12-10-16)24(28-29)18-5-4-6-21(23(18)27)31(15-35-2)36(33,34)22-13-17(25)7-8-20(22)26/h4-14,32H,3,15H2,1-2H3/q+1. The Kier molecular flexibility index (Phi) is 7.00. The molecule has 8 nitrogen and oxygen atoms in total. The third-order valence-corrected chi connectivity index (χ3v) is 7.17. The van der Waals surface area contributed by atoms with Crippen molar-refractivity contribution in [3.05, 3.63) is 84.6 Å². The number of methoxy groups -OCH3 is 1. The smallest absolute Gasteiger partial charge is 0.269 e. The first-order valence-corrected chi connectivity index (χ1v) is 12.2. The van der Waals surface area contributed by atoms with Gasteiger partial charge in [0.25, 0.3) is 10.0 Å². The molecule has 0 saturated heterocycles. The van der Waals surface area contributed by atoms with Crippen LogP contribution in [0, 0.1) is 17.5 Å². The van der Waals surface area contributed by atoms with Gasteiger partial charge in [0, 0.05) is 47.8 Å². The van der Waals surface area contributed by atoms with Crippen molar-refractivity contribution < 1.29 is 36.3 Å². The predicted molar refractivity (Wildman–Crippen MR) is 124 cm³/mol. The molecule has 36 heavy (non-hydrogen) atoms. The maximum absolute atomic E-state index is 16.0. The highest BCUT2D eigenvalue weighted by Gasteiger charge is 2.32. The first-order chi connectivity index (χ1) is 17.2. The summed E-state index contributed by atoms with van der Waals surface area (Å²) < 4.78 is 78.7. The van der Waals surface area contributed by atoms with Crippen LogP contribution < -0.4 is 9.04 Å². The normalized spacial score (nSPS) is 11.6. The summed E-state index contributed by atoms with van der Waals surface area (Å²) in [6.45, 7) is 1.66. The minimum absolute atomic E-state index is 0.0218. The van der Waals surface area contributed by atoms with E-state index in [4.69, 9.17) is 4.74 Å². The van der Waals surface area contributed by atoms with Gasteiger partial charge < -0.3 is 4.74 Å². The van der Waals surface area contributed by atoms with Gasteiger partial charge in [0.15, 0.2) is 5.82 Å². The molecule has 188 valence electrons. The fourth-order valence-electron chi connectivity index (χ4n) is 3.67. The molecule has 4 aromatic rings. The van der Waals surface area contributed by atoms with E-state index in [1.54, 1.807) is 23.0 Å². The van der Waals surface area contributed by atoms with Crippen molar-refractivity contribution in [2.75, 3.05) is 18.1 Å². The monoisotopic (exact) mass is 519 g/mol. The summed E-state index contributed by atoms with van der Waals surface area (Å²) in [7, 11) is -3.57. The van der Waals surface area contributed by atoms with Crippen molar-refractivity contribution in [3.63, 3.8) is 0 Å². The number of hydrogen-bond acceptors (Lipinski definition) is 5. The van der Waals surface area contributed by atoms with Crippen LogP contribution in [-0.4, -0.2) is 37.2 Å². The van der Waals surface area contributed by atoms with Gasteiger partial charge in [-0.25, -0.2) is 25.9 Å². The molecule has 0 bridgehead atoms. The molecule has 0 saturated carbocycles. The second-order valence-corrected chi connectivity index (χ2v) is 9.53. The van der Waals surface area contributed by atoms with Gasteiger partial charge in [-0.3, -0.25) is 9.89 Å².